The number of aromatic nitrogens is 4. The Labute approximate surface area is 356 Å². The minimum Gasteiger partial charge on any atom is -0.387 e. The number of benzene rings is 3. The molecule has 0 bridgehead atoms. The third kappa shape index (κ3) is 8.13. The standard InChI is InChI=1S/C46H45N9O5S/c1-28(57)49-41(31-10-4-2-5-11-31)44(59)54-20-8-14-37(54)34-22-33(23-47-34)39-26-53-25-36(51-46(53)61-39)30-18-16-29(17-19-30)35-24-48-43(50-35)38-15-9-21-55(38)45(60)42(52-40(58)27-56)32-12-6-3-7-13-32/h2-7,10-13,16-19,23-26,37-38,41-42,56H,8-9,14-15,20-22,27H2,1H3,(H,48,50)(H,49,57)(H,52,58)/t37?,38-,41?,42+/m0/s1. The van der Waals surface area contributed by atoms with Gasteiger partial charge in [0.2, 0.25) is 23.6 Å². The summed E-state index contributed by atoms with van der Waals surface area (Å²) in [5.74, 6) is -0.548. The third-order valence-corrected chi connectivity index (χ3v) is 12.7. The van der Waals surface area contributed by atoms with Crippen LogP contribution in [0.25, 0.3) is 33.0 Å². The van der Waals surface area contributed by atoms with Crippen molar-refractivity contribution in [1.29, 1.82) is 0 Å². The number of amides is 4. The van der Waals surface area contributed by atoms with Gasteiger partial charge in [0, 0.05) is 56.3 Å². The predicted octanol–water partition coefficient (Wildman–Crippen LogP) is 6.02. The molecule has 61 heavy (non-hydrogen) atoms. The van der Waals surface area contributed by atoms with Crippen molar-refractivity contribution in [2.75, 3.05) is 19.7 Å². The second-order valence-electron chi connectivity index (χ2n) is 15.6. The number of likely N-dealkylation sites (tertiary alicyclic amines) is 2. The Hall–Kier alpha value is -6.71. The van der Waals surface area contributed by atoms with E-state index in [1.165, 1.54) is 6.92 Å². The number of nitrogens with one attached hydrogen (secondary N) is 3. The van der Waals surface area contributed by atoms with Crippen molar-refractivity contribution < 1.29 is 24.3 Å². The Morgan fingerprint density at radius 3 is 2.08 bits per heavy atom. The fraction of sp³-hybridized carbons (Fsp3) is 0.283. The molecular weight excluding hydrogens is 791 g/mol. The van der Waals surface area contributed by atoms with Gasteiger partial charge < -0.3 is 30.5 Å². The fourth-order valence-corrected chi connectivity index (χ4v) is 9.63. The van der Waals surface area contributed by atoms with Gasteiger partial charge in [0.1, 0.15) is 24.5 Å². The molecule has 6 aromatic rings. The highest BCUT2D eigenvalue weighted by atomic mass is 32.1. The van der Waals surface area contributed by atoms with Gasteiger partial charge in [-0.2, -0.15) is 0 Å². The van der Waals surface area contributed by atoms with E-state index in [9.17, 15) is 24.3 Å². The van der Waals surface area contributed by atoms with Crippen molar-refractivity contribution >= 4 is 51.2 Å². The molecule has 2 saturated heterocycles. The average molecular weight is 836 g/mol. The second kappa shape index (κ2) is 17.1. The average Bonchev–Trinajstić information content (AvgIpc) is 4.14. The maximum Gasteiger partial charge on any atom is 0.250 e. The van der Waals surface area contributed by atoms with Gasteiger partial charge >= 0.3 is 0 Å². The molecule has 3 aliphatic heterocycles. The summed E-state index contributed by atoms with van der Waals surface area (Å²) in [6.45, 7) is 1.88. The lowest BCUT2D eigenvalue weighted by Crippen LogP contribution is -2.46. The quantitative estimate of drug-likeness (QED) is 0.117. The Morgan fingerprint density at radius 2 is 1.44 bits per heavy atom. The van der Waals surface area contributed by atoms with E-state index in [1.807, 2.05) is 94.5 Å². The number of aromatic amines is 1. The lowest BCUT2D eigenvalue weighted by atomic mass is 10.0. The van der Waals surface area contributed by atoms with Gasteiger partial charge in [-0.25, -0.2) is 9.97 Å². The monoisotopic (exact) mass is 835 g/mol. The Morgan fingerprint density at radius 1 is 0.820 bits per heavy atom. The molecule has 2 unspecified atom stereocenters. The van der Waals surface area contributed by atoms with E-state index in [0.717, 1.165) is 74.9 Å². The number of fused-ring (bicyclic) bond motifs is 1. The minimum atomic E-state index is -0.918. The lowest BCUT2D eigenvalue weighted by molar-refractivity contribution is -0.138. The van der Waals surface area contributed by atoms with Crippen LogP contribution in [-0.2, 0) is 19.2 Å². The van der Waals surface area contributed by atoms with Crippen molar-refractivity contribution in [3.63, 3.8) is 0 Å². The van der Waals surface area contributed by atoms with E-state index in [0.29, 0.717) is 30.9 Å². The zero-order valence-corrected chi connectivity index (χ0v) is 34.3. The Bertz CT molecular complexity index is 2620. The summed E-state index contributed by atoms with van der Waals surface area (Å²) in [7, 11) is 0. The second-order valence-corrected chi connectivity index (χ2v) is 16.6. The topological polar surface area (TPSA) is 177 Å². The molecule has 3 aromatic carbocycles. The van der Waals surface area contributed by atoms with Gasteiger partial charge in [0.05, 0.1) is 34.5 Å². The smallest absolute Gasteiger partial charge is 0.250 e. The van der Waals surface area contributed by atoms with Gasteiger partial charge in [0.15, 0.2) is 4.96 Å². The number of thiazole rings is 1. The fourth-order valence-electron chi connectivity index (χ4n) is 8.66. The summed E-state index contributed by atoms with van der Waals surface area (Å²) in [6.07, 6.45) is 11.7. The van der Waals surface area contributed by atoms with Gasteiger partial charge in [-0.1, -0.05) is 96.3 Å². The van der Waals surface area contributed by atoms with Gasteiger partial charge in [0.25, 0.3) is 0 Å². The number of rotatable bonds is 12. The van der Waals surface area contributed by atoms with Crippen LogP contribution in [0.5, 0.6) is 0 Å². The first-order chi connectivity index (χ1) is 29.7. The Kier molecular flexibility index (Phi) is 11.1. The van der Waals surface area contributed by atoms with Crippen LogP contribution in [0.3, 0.4) is 0 Å². The molecule has 4 amide bonds. The first-order valence-corrected chi connectivity index (χ1v) is 21.3. The molecule has 0 saturated carbocycles. The molecular formula is C46H45N9O5S. The van der Waals surface area contributed by atoms with E-state index in [2.05, 4.69) is 21.8 Å². The lowest BCUT2D eigenvalue weighted by Gasteiger charge is -2.29. The van der Waals surface area contributed by atoms with E-state index < -0.39 is 24.6 Å². The highest BCUT2D eigenvalue weighted by Gasteiger charge is 2.39. The molecule has 3 aliphatic rings. The number of hydrogen-bond acceptors (Lipinski definition) is 9. The maximum atomic E-state index is 13.9. The predicted molar refractivity (Wildman–Crippen MR) is 232 cm³/mol. The number of carbonyl (C=O) groups excluding carboxylic acids is 4. The molecule has 2 fully saturated rings. The normalized spacial score (nSPS) is 18.5. The van der Waals surface area contributed by atoms with E-state index in [-0.39, 0.29) is 29.8 Å². The number of H-pyrrole nitrogens is 1. The van der Waals surface area contributed by atoms with Crippen molar-refractivity contribution in [3.8, 4) is 22.5 Å². The number of carbonyl (C=O) groups is 4. The summed E-state index contributed by atoms with van der Waals surface area (Å²) in [5, 5.41) is 14.9. The summed E-state index contributed by atoms with van der Waals surface area (Å²) >= 11 is 1.60. The number of nitrogens with zero attached hydrogens (tertiary/aromatic N) is 6. The highest BCUT2D eigenvalue weighted by molar-refractivity contribution is 7.18. The summed E-state index contributed by atoms with van der Waals surface area (Å²) in [6, 6.07) is 24.5. The van der Waals surface area contributed by atoms with Crippen molar-refractivity contribution in [1.82, 2.24) is 39.8 Å². The van der Waals surface area contributed by atoms with Crippen LogP contribution in [-0.4, -0.2) is 89.3 Å². The summed E-state index contributed by atoms with van der Waals surface area (Å²) in [5.41, 5.74) is 7.04. The molecule has 6 heterocycles. The molecule has 0 spiro atoms. The molecule has 4 N–H and O–H groups in total. The van der Waals surface area contributed by atoms with E-state index >= 15 is 0 Å². The molecule has 0 radical (unpaired) electrons. The molecule has 0 aliphatic carbocycles. The van der Waals surface area contributed by atoms with Crippen molar-refractivity contribution in [2.45, 2.75) is 63.2 Å². The van der Waals surface area contributed by atoms with Gasteiger partial charge in [-0.15, -0.1) is 0 Å². The number of hydrogen-bond donors (Lipinski definition) is 4. The molecule has 310 valence electrons. The van der Waals surface area contributed by atoms with Crippen LogP contribution >= 0.6 is 11.3 Å². The number of aliphatic imine (C=N–C) groups is 1. The number of imidazole rings is 2. The third-order valence-electron chi connectivity index (χ3n) is 11.6. The SMILES string of the molecule is CC(=O)NC(C(=O)N1CCCC1C1=NC=C(c2cn3cc(-c4ccc(-c5cnc([C@@H]6CCCN6C(=O)[C@H](NC(=O)CO)c6ccccc6)[nH]5)cc4)nc3s2)C1)c1ccccc1. The summed E-state index contributed by atoms with van der Waals surface area (Å²) in [4.78, 5) is 75.6. The maximum absolute atomic E-state index is 13.9. The highest BCUT2D eigenvalue weighted by Crippen LogP contribution is 2.37. The number of aliphatic hydroxyl groups is 1. The minimum absolute atomic E-state index is 0.115. The number of allylic oxidation sites excluding steroid dienone is 1. The Balaban J connectivity index is 0.845. The van der Waals surface area contributed by atoms with Crippen LogP contribution in [0.15, 0.2) is 115 Å². The van der Waals surface area contributed by atoms with Crippen molar-refractivity contribution in [2.24, 2.45) is 4.99 Å². The van der Waals surface area contributed by atoms with Crippen molar-refractivity contribution in [3.05, 3.63) is 132 Å². The largest absolute Gasteiger partial charge is 0.387 e. The first kappa shape index (κ1) is 39.7. The first-order valence-electron chi connectivity index (χ1n) is 20.5. The van der Waals surface area contributed by atoms with Crippen LogP contribution in [0.1, 0.15) is 79.0 Å². The van der Waals surface area contributed by atoms with Crippen LogP contribution in [0, 0.1) is 0 Å². The zero-order chi connectivity index (χ0) is 42.0. The van der Waals surface area contributed by atoms with Gasteiger partial charge in [-0.3, -0.25) is 28.6 Å². The zero-order valence-electron chi connectivity index (χ0n) is 33.5. The molecule has 4 atom stereocenters. The molecule has 3 aromatic heterocycles. The number of aliphatic hydroxyl groups excluding tert-OH is 1. The van der Waals surface area contributed by atoms with Crippen LogP contribution < -0.4 is 10.6 Å². The van der Waals surface area contributed by atoms with Gasteiger partial charge in [-0.05, 0) is 47.9 Å². The van der Waals surface area contributed by atoms with E-state index in [4.69, 9.17) is 15.0 Å². The summed E-state index contributed by atoms with van der Waals surface area (Å²) < 4.78 is 2.04. The van der Waals surface area contributed by atoms with E-state index in [1.54, 1.807) is 34.6 Å². The van der Waals surface area contributed by atoms with Crippen LogP contribution in [0.2, 0.25) is 0 Å². The molecule has 9 rings (SSSR count). The van der Waals surface area contributed by atoms with Crippen LogP contribution in [0.4, 0.5) is 0 Å². The molecule has 15 heteroatoms. The molecule has 14 nitrogen and oxygen atoms in total.